The summed E-state index contributed by atoms with van der Waals surface area (Å²) in [6, 6.07) is 4.34. The molecule has 24 heavy (non-hydrogen) atoms. The van der Waals surface area contributed by atoms with Gasteiger partial charge in [-0.25, -0.2) is 0 Å². The van der Waals surface area contributed by atoms with Crippen molar-refractivity contribution in [2.75, 3.05) is 26.2 Å². The number of carbonyl (C=O) groups excluding carboxylic acids is 1. The third kappa shape index (κ3) is 5.65. The lowest BCUT2D eigenvalue weighted by atomic mass is 10.1. The Bertz CT molecular complexity index is 515. The standard InChI is InChI=1S/C16H21F3N2O2.ClH/c17-16(18,19)13-4-2-12(3-5-13)15(22)21-9-6-14(7-10-21)23-11-1-8-20;/h2-5,14H,1,6-11,20H2;1H. The quantitative estimate of drug-likeness (QED) is 0.815. The first kappa shape index (κ1) is 20.7. The van der Waals surface area contributed by atoms with E-state index in [2.05, 4.69) is 0 Å². The van der Waals surface area contributed by atoms with Crippen LogP contribution in [0.15, 0.2) is 24.3 Å². The number of nitrogens with two attached hydrogens (primary N) is 1. The number of alkyl halides is 3. The second-order valence-corrected chi connectivity index (χ2v) is 5.58. The van der Waals surface area contributed by atoms with Crippen LogP contribution in [0.4, 0.5) is 13.2 Å². The molecule has 0 unspecified atom stereocenters. The molecule has 136 valence electrons. The molecular weight excluding hydrogens is 345 g/mol. The largest absolute Gasteiger partial charge is 0.416 e. The molecule has 8 heteroatoms. The van der Waals surface area contributed by atoms with E-state index in [-0.39, 0.29) is 30.0 Å². The van der Waals surface area contributed by atoms with Crippen molar-refractivity contribution in [2.45, 2.75) is 31.5 Å². The van der Waals surface area contributed by atoms with Crippen molar-refractivity contribution >= 4 is 18.3 Å². The van der Waals surface area contributed by atoms with E-state index in [1.54, 1.807) is 4.90 Å². The molecule has 0 aromatic heterocycles. The van der Waals surface area contributed by atoms with Crippen molar-refractivity contribution in [2.24, 2.45) is 5.73 Å². The Balaban J connectivity index is 0.00000288. The minimum Gasteiger partial charge on any atom is -0.378 e. The normalized spacial score (nSPS) is 15.9. The Morgan fingerprint density at radius 2 is 1.79 bits per heavy atom. The molecule has 2 N–H and O–H groups in total. The van der Waals surface area contributed by atoms with Crippen LogP contribution in [0.5, 0.6) is 0 Å². The molecule has 1 aromatic carbocycles. The molecule has 1 heterocycles. The lowest BCUT2D eigenvalue weighted by molar-refractivity contribution is -0.137. The first-order chi connectivity index (χ1) is 10.9. The molecule has 4 nitrogen and oxygen atoms in total. The third-order valence-electron chi connectivity index (χ3n) is 3.89. The van der Waals surface area contributed by atoms with Gasteiger partial charge in [0.05, 0.1) is 11.7 Å². The van der Waals surface area contributed by atoms with Crippen LogP contribution < -0.4 is 5.73 Å². The summed E-state index contributed by atoms with van der Waals surface area (Å²) < 4.78 is 43.3. The van der Waals surface area contributed by atoms with Gasteiger partial charge >= 0.3 is 6.18 Å². The zero-order chi connectivity index (χ0) is 16.9. The number of amides is 1. The number of likely N-dealkylation sites (tertiary alicyclic amines) is 1. The average molecular weight is 367 g/mol. The van der Waals surface area contributed by atoms with Crippen LogP contribution in [0.2, 0.25) is 0 Å². The third-order valence-corrected chi connectivity index (χ3v) is 3.89. The molecule has 1 aliphatic rings. The summed E-state index contributed by atoms with van der Waals surface area (Å²) in [5.74, 6) is -0.237. The van der Waals surface area contributed by atoms with Crippen LogP contribution in [0.3, 0.4) is 0 Å². The maximum atomic E-state index is 12.5. The maximum Gasteiger partial charge on any atom is 0.416 e. The summed E-state index contributed by atoms with van der Waals surface area (Å²) in [5, 5.41) is 0. The van der Waals surface area contributed by atoms with E-state index in [4.69, 9.17) is 10.5 Å². The highest BCUT2D eigenvalue weighted by Gasteiger charge is 2.30. The summed E-state index contributed by atoms with van der Waals surface area (Å²) in [7, 11) is 0. The van der Waals surface area contributed by atoms with E-state index < -0.39 is 11.7 Å². The molecule has 1 saturated heterocycles. The fourth-order valence-corrected chi connectivity index (χ4v) is 2.54. The van der Waals surface area contributed by atoms with Gasteiger partial charge in [0.2, 0.25) is 0 Å². The van der Waals surface area contributed by atoms with Crippen molar-refractivity contribution < 1.29 is 22.7 Å². The summed E-state index contributed by atoms with van der Waals surface area (Å²) in [4.78, 5) is 14.0. The molecule has 1 aromatic rings. The fraction of sp³-hybridized carbons (Fsp3) is 0.562. The molecule has 0 radical (unpaired) electrons. The van der Waals surface area contributed by atoms with Crippen molar-refractivity contribution in [3.05, 3.63) is 35.4 Å². The topological polar surface area (TPSA) is 55.6 Å². The number of ether oxygens (including phenoxy) is 1. The van der Waals surface area contributed by atoms with Crippen LogP contribution in [-0.4, -0.2) is 43.2 Å². The van der Waals surface area contributed by atoms with Crippen LogP contribution >= 0.6 is 12.4 Å². The lowest BCUT2D eigenvalue weighted by Crippen LogP contribution is -2.41. The highest BCUT2D eigenvalue weighted by molar-refractivity contribution is 5.94. The minimum atomic E-state index is -4.39. The van der Waals surface area contributed by atoms with Crippen molar-refractivity contribution in [1.82, 2.24) is 4.90 Å². The highest BCUT2D eigenvalue weighted by atomic mass is 35.5. The van der Waals surface area contributed by atoms with E-state index in [1.807, 2.05) is 0 Å². The van der Waals surface area contributed by atoms with E-state index in [9.17, 15) is 18.0 Å². The molecule has 0 aliphatic carbocycles. The van der Waals surface area contributed by atoms with Crippen molar-refractivity contribution in [1.29, 1.82) is 0 Å². The van der Waals surface area contributed by atoms with Crippen LogP contribution in [0.1, 0.15) is 35.2 Å². The lowest BCUT2D eigenvalue weighted by Gasteiger charge is -2.32. The molecule has 1 amide bonds. The van der Waals surface area contributed by atoms with E-state index in [0.717, 1.165) is 31.4 Å². The Morgan fingerprint density at radius 3 is 2.29 bits per heavy atom. The highest BCUT2D eigenvalue weighted by Crippen LogP contribution is 2.29. The molecular formula is C16H22ClF3N2O2. The van der Waals surface area contributed by atoms with Gasteiger partial charge < -0.3 is 15.4 Å². The zero-order valence-corrected chi connectivity index (χ0v) is 14.0. The fourth-order valence-electron chi connectivity index (χ4n) is 2.54. The second kappa shape index (κ2) is 9.25. The van der Waals surface area contributed by atoms with E-state index in [1.165, 1.54) is 12.1 Å². The minimum absolute atomic E-state index is 0. The molecule has 0 spiro atoms. The van der Waals surface area contributed by atoms with Crippen molar-refractivity contribution in [3.63, 3.8) is 0 Å². The molecule has 0 atom stereocenters. The smallest absolute Gasteiger partial charge is 0.378 e. The first-order valence-corrected chi connectivity index (χ1v) is 7.70. The molecule has 2 rings (SSSR count). The van der Waals surface area contributed by atoms with Gasteiger partial charge in [-0.2, -0.15) is 13.2 Å². The monoisotopic (exact) mass is 366 g/mol. The number of benzene rings is 1. The van der Waals surface area contributed by atoms with Gasteiger partial charge in [-0.1, -0.05) is 0 Å². The number of halogens is 4. The summed E-state index contributed by atoms with van der Waals surface area (Å²) in [5.41, 5.74) is 4.93. The maximum absolute atomic E-state index is 12.5. The summed E-state index contributed by atoms with van der Waals surface area (Å²) in [6.07, 6.45) is -1.99. The van der Waals surface area contributed by atoms with E-state index >= 15 is 0 Å². The SMILES string of the molecule is Cl.NCCCOC1CCN(C(=O)c2ccc(C(F)(F)F)cc2)CC1. The van der Waals surface area contributed by atoms with E-state index in [0.29, 0.717) is 26.2 Å². The van der Waals surface area contributed by atoms with Gasteiger partial charge in [0.15, 0.2) is 0 Å². The predicted octanol–water partition coefficient (Wildman–Crippen LogP) is 3.10. The van der Waals surface area contributed by atoms with Gasteiger partial charge in [-0.15, -0.1) is 12.4 Å². The average Bonchev–Trinajstić information content (AvgIpc) is 2.54. The number of rotatable bonds is 5. The van der Waals surface area contributed by atoms with Crippen LogP contribution in [0, 0.1) is 0 Å². The van der Waals surface area contributed by atoms with Gasteiger partial charge in [0.1, 0.15) is 0 Å². The molecule has 0 saturated carbocycles. The summed E-state index contributed by atoms with van der Waals surface area (Å²) >= 11 is 0. The van der Waals surface area contributed by atoms with Gasteiger partial charge in [0, 0.05) is 25.3 Å². The molecule has 1 fully saturated rings. The Morgan fingerprint density at radius 1 is 1.21 bits per heavy atom. The number of hydrogen-bond acceptors (Lipinski definition) is 3. The number of hydrogen-bond donors (Lipinski definition) is 1. The molecule has 0 bridgehead atoms. The number of piperidine rings is 1. The number of carbonyl (C=O) groups is 1. The Kier molecular flexibility index (Phi) is 7.99. The second-order valence-electron chi connectivity index (χ2n) is 5.58. The van der Waals surface area contributed by atoms with Crippen molar-refractivity contribution in [3.8, 4) is 0 Å². The Labute approximate surface area is 145 Å². The Hall–Kier alpha value is -1.31. The first-order valence-electron chi connectivity index (χ1n) is 7.70. The predicted molar refractivity (Wildman–Crippen MR) is 87.2 cm³/mol. The zero-order valence-electron chi connectivity index (χ0n) is 13.2. The summed E-state index contributed by atoms with van der Waals surface area (Å²) in [6.45, 7) is 2.31. The molecule has 1 aliphatic heterocycles. The van der Waals surface area contributed by atoms with Gasteiger partial charge in [-0.3, -0.25) is 4.79 Å². The van der Waals surface area contributed by atoms with Gasteiger partial charge in [-0.05, 0) is 50.1 Å². The van der Waals surface area contributed by atoms with Crippen LogP contribution in [-0.2, 0) is 10.9 Å². The number of nitrogens with zero attached hydrogens (tertiary/aromatic N) is 1. The van der Waals surface area contributed by atoms with Gasteiger partial charge in [0.25, 0.3) is 5.91 Å². The van der Waals surface area contributed by atoms with Crippen LogP contribution in [0.25, 0.3) is 0 Å².